The molecule has 2 aromatic carbocycles. The topological polar surface area (TPSA) is 43.1 Å². The summed E-state index contributed by atoms with van der Waals surface area (Å²) in [6, 6.07) is 9.23. The number of hydrogen-bond acceptors (Lipinski definition) is 3. The second-order valence-corrected chi connectivity index (χ2v) is 6.74. The standard InChI is InChI=1S/C12H9F3INO.C8H5F3O/c1-7-10(6-16)17-11(18-7)8-3-2-4-9(5-8)12(13,14)15;9-8(10,11)7-3-1-2-6(4-7)5-12/h2-5H,6H2,1H3;1-5H. The fourth-order valence-corrected chi connectivity index (χ4v) is 3.00. The van der Waals surface area contributed by atoms with Crippen LogP contribution in [0.3, 0.4) is 0 Å². The van der Waals surface area contributed by atoms with E-state index in [0.717, 1.165) is 30.0 Å². The molecule has 3 aromatic rings. The fourth-order valence-electron chi connectivity index (χ4n) is 2.29. The Bertz CT molecular complexity index is 1010. The number of aromatic nitrogens is 1. The van der Waals surface area contributed by atoms with Crippen LogP contribution in [0.15, 0.2) is 52.9 Å². The van der Waals surface area contributed by atoms with Crippen LogP contribution in [0.25, 0.3) is 11.5 Å². The van der Waals surface area contributed by atoms with Crippen molar-refractivity contribution in [2.24, 2.45) is 0 Å². The number of hydrogen-bond donors (Lipinski definition) is 0. The number of benzene rings is 2. The number of aryl methyl sites for hydroxylation is 1. The molecule has 0 saturated heterocycles. The van der Waals surface area contributed by atoms with Crippen LogP contribution in [0.1, 0.15) is 32.9 Å². The Morgan fingerprint density at radius 2 is 1.53 bits per heavy atom. The minimum Gasteiger partial charge on any atom is -0.441 e. The van der Waals surface area contributed by atoms with Crippen LogP contribution in [0.5, 0.6) is 0 Å². The van der Waals surface area contributed by atoms with Gasteiger partial charge in [0.1, 0.15) is 12.0 Å². The molecule has 0 bridgehead atoms. The van der Waals surface area contributed by atoms with Crippen molar-refractivity contribution in [3.05, 3.63) is 76.7 Å². The average Bonchev–Trinajstić information content (AvgIpc) is 3.08. The summed E-state index contributed by atoms with van der Waals surface area (Å²) in [6.45, 7) is 1.75. The third kappa shape index (κ3) is 6.31. The molecule has 1 heterocycles. The largest absolute Gasteiger partial charge is 0.441 e. The van der Waals surface area contributed by atoms with Crippen molar-refractivity contribution < 1.29 is 35.6 Å². The first-order chi connectivity index (χ1) is 14.0. The Morgan fingerprint density at radius 1 is 0.967 bits per heavy atom. The van der Waals surface area contributed by atoms with Crippen LogP contribution in [0, 0.1) is 6.92 Å². The third-order valence-corrected chi connectivity index (χ3v) is 4.53. The lowest BCUT2D eigenvalue weighted by molar-refractivity contribution is -0.138. The summed E-state index contributed by atoms with van der Waals surface area (Å²) in [4.78, 5) is 14.3. The highest BCUT2D eigenvalue weighted by atomic mass is 127. The summed E-state index contributed by atoms with van der Waals surface area (Å²) in [6.07, 6.45) is -8.35. The van der Waals surface area contributed by atoms with Gasteiger partial charge in [0, 0.05) is 15.6 Å². The number of aldehydes is 1. The van der Waals surface area contributed by atoms with Gasteiger partial charge in [-0.05, 0) is 37.3 Å². The Hall–Kier alpha value is -2.37. The number of carbonyl (C=O) groups excluding carboxylic acids is 1. The van der Waals surface area contributed by atoms with Gasteiger partial charge in [0.25, 0.3) is 0 Å². The summed E-state index contributed by atoms with van der Waals surface area (Å²) in [5.41, 5.74) is -0.379. The molecule has 0 aliphatic carbocycles. The van der Waals surface area contributed by atoms with Crippen molar-refractivity contribution in [3.8, 4) is 11.5 Å². The molecule has 0 aliphatic rings. The summed E-state index contributed by atoms with van der Waals surface area (Å²) in [7, 11) is 0. The van der Waals surface area contributed by atoms with Crippen molar-refractivity contribution in [3.63, 3.8) is 0 Å². The SMILES string of the molecule is Cc1oc(-c2cccc(C(F)(F)F)c2)nc1CI.O=Cc1cccc(C(F)(F)F)c1. The van der Waals surface area contributed by atoms with E-state index in [1.165, 1.54) is 18.2 Å². The lowest BCUT2D eigenvalue weighted by Gasteiger charge is -2.06. The van der Waals surface area contributed by atoms with Crippen LogP contribution in [0.2, 0.25) is 0 Å². The second kappa shape index (κ2) is 9.63. The molecule has 3 nitrogen and oxygen atoms in total. The number of nitrogens with zero attached hydrogens (tertiary/aromatic N) is 1. The van der Waals surface area contributed by atoms with Gasteiger partial charge in [-0.2, -0.15) is 26.3 Å². The summed E-state index contributed by atoms with van der Waals surface area (Å²) >= 11 is 2.13. The summed E-state index contributed by atoms with van der Waals surface area (Å²) in [5, 5.41) is 0. The molecule has 0 amide bonds. The van der Waals surface area contributed by atoms with E-state index in [2.05, 4.69) is 27.6 Å². The molecule has 0 saturated carbocycles. The molecule has 0 spiro atoms. The fraction of sp³-hybridized carbons (Fsp3) is 0.200. The number of rotatable bonds is 3. The van der Waals surface area contributed by atoms with E-state index >= 15 is 0 Å². The van der Waals surface area contributed by atoms with E-state index in [4.69, 9.17) is 4.42 Å². The van der Waals surface area contributed by atoms with Gasteiger partial charge in [0.2, 0.25) is 5.89 Å². The molecule has 10 heteroatoms. The van der Waals surface area contributed by atoms with Gasteiger partial charge in [-0.25, -0.2) is 4.98 Å². The van der Waals surface area contributed by atoms with Gasteiger partial charge >= 0.3 is 12.4 Å². The van der Waals surface area contributed by atoms with Gasteiger partial charge in [-0.15, -0.1) is 0 Å². The monoisotopic (exact) mass is 541 g/mol. The Morgan fingerprint density at radius 3 is 2.03 bits per heavy atom. The zero-order valence-corrected chi connectivity index (χ0v) is 17.5. The quantitative estimate of drug-likeness (QED) is 0.154. The molecular formula is C20H14F6INO2. The molecule has 3 rings (SSSR count). The average molecular weight is 541 g/mol. The summed E-state index contributed by atoms with van der Waals surface area (Å²) in [5.74, 6) is 0.863. The maximum atomic E-state index is 12.6. The zero-order valence-electron chi connectivity index (χ0n) is 15.3. The first-order valence-corrected chi connectivity index (χ1v) is 9.80. The first kappa shape index (κ1) is 23.9. The minimum absolute atomic E-state index is 0.0322. The normalized spacial score (nSPS) is 11.6. The molecule has 1 aromatic heterocycles. The number of oxazole rings is 1. The van der Waals surface area contributed by atoms with E-state index in [9.17, 15) is 31.1 Å². The third-order valence-electron chi connectivity index (χ3n) is 3.81. The lowest BCUT2D eigenvalue weighted by Crippen LogP contribution is -2.04. The van der Waals surface area contributed by atoms with Crippen molar-refractivity contribution in [1.29, 1.82) is 0 Å². The predicted molar refractivity (Wildman–Crippen MR) is 106 cm³/mol. The number of carbonyl (C=O) groups is 1. The van der Waals surface area contributed by atoms with Crippen molar-refractivity contribution >= 4 is 28.9 Å². The maximum Gasteiger partial charge on any atom is 0.416 e. The number of halogens is 7. The van der Waals surface area contributed by atoms with E-state index < -0.39 is 23.5 Å². The van der Waals surface area contributed by atoms with Crippen LogP contribution in [-0.2, 0) is 16.8 Å². The maximum absolute atomic E-state index is 12.6. The smallest absolute Gasteiger partial charge is 0.416 e. The van der Waals surface area contributed by atoms with Crippen molar-refractivity contribution in [1.82, 2.24) is 4.98 Å². The molecule has 0 unspecified atom stereocenters. The van der Waals surface area contributed by atoms with E-state index in [1.807, 2.05) is 0 Å². The van der Waals surface area contributed by atoms with Crippen LogP contribution in [-0.4, -0.2) is 11.3 Å². The van der Waals surface area contributed by atoms with Crippen molar-refractivity contribution in [2.45, 2.75) is 23.7 Å². The molecule has 160 valence electrons. The van der Waals surface area contributed by atoms with Crippen LogP contribution < -0.4 is 0 Å². The first-order valence-electron chi connectivity index (χ1n) is 8.28. The van der Waals surface area contributed by atoms with Gasteiger partial charge in [-0.3, -0.25) is 4.79 Å². The highest BCUT2D eigenvalue weighted by Gasteiger charge is 2.31. The molecule has 0 fully saturated rings. The zero-order chi connectivity index (χ0) is 22.5. The van der Waals surface area contributed by atoms with Gasteiger partial charge in [0.05, 0.1) is 16.8 Å². The molecule has 0 aliphatic heterocycles. The summed E-state index contributed by atoms with van der Waals surface area (Å²) < 4.78 is 79.7. The Labute approximate surface area is 181 Å². The molecular weight excluding hydrogens is 527 g/mol. The molecule has 30 heavy (non-hydrogen) atoms. The minimum atomic E-state index is -4.38. The Balaban J connectivity index is 0.000000232. The van der Waals surface area contributed by atoms with Gasteiger partial charge in [0.15, 0.2) is 0 Å². The molecule has 0 N–H and O–H groups in total. The Kier molecular flexibility index (Phi) is 7.67. The predicted octanol–water partition coefficient (Wildman–Crippen LogP) is 7.12. The molecule has 0 atom stereocenters. The van der Waals surface area contributed by atoms with Crippen LogP contribution >= 0.6 is 22.6 Å². The molecule has 0 radical (unpaired) electrons. The van der Waals surface area contributed by atoms with E-state index in [1.54, 1.807) is 13.0 Å². The highest BCUT2D eigenvalue weighted by Crippen LogP contribution is 2.32. The van der Waals surface area contributed by atoms with Crippen LogP contribution in [0.4, 0.5) is 26.3 Å². The lowest BCUT2D eigenvalue weighted by atomic mass is 10.1. The van der Waals surface area contributed by atoms with Crippen molar-refractivity contribution in [2.75, 3.05) is 0 Å². The van der Waals surface area contributed by atoms with E-state index in [-0.39, 0.29) is 11.5 Å². The second-order valence-electron chi connectivity index (χ2n) is 5.98. The van der Waals surface area contributed by atoms with E-state index in [0.29, 0.717) is 22.0 Å². The van der Waals surface area contributed by atoms with Gasteiger partial charge < -0.3 is 4.42 Å². The highest BCUT2D eigenvalue weighted by molar-refractivity contribution is 14.1. The number of alkyl halides is 7. The van der Waals surface area contributed by atoms with Gasteiger partial charge in [-0.1, -0.05) is 40.8 Å².